The highest BCUT2D eigenvalue weighted by Gasteiger charge is 1.85. The molecule has 0 atom stereocenters. The normalized spacial score (nSPS) is 9.44. The molecule has 0 aliphatic heterocycles. The lowest BCUT2D eigenvalue weighted by molar-refractivity contribution is 0.419. The molecule has 1 heteroatoms. The molecule has 1 nitrogen and oxygen atoms in total. The molecule has 0 spiro atoms. The van der Waals surface area contributed by atoms with Gasteiger partial charge in [-0.1, -0.05) is 5.92 Å². The predicted molar refractivity (Wildman–Crippen MR) is 40.9 cm³/mol. The van der Waals surface area contributed by atoms with Gasteiger partial charge in [0.05, 0.1) is 0 Å². The molecule has 0 amide bonds. The van der Waals surface area contributed by atoms with Crippen molar-refractivity contribution >= 4 is 0 Å². The van der Waals surface area contributed by atoms with Crippen LogP contribution in [0, 0.1) is 12.3 Å². The average molecular weight is 123 g/mol. The number of allylic oxidation sites excluding steroid dienone is 1. The van der Waals surface area contributed by atoms with Gasteiger partial charge in [0.1, 0.15) is 0 Å². The first-order valence-corrected chi connectivity index (χ1v) is 3.22. The van der Waals surface area contributed by atoms with Crippen LogP contribution in [0.25, 0.3) is 0 Å². The Bertz CT molecular complexity index is 115. The van der Waals surface area contributed by atoms with Crippen LogP contribution >= 0.6 is 0 Å². The van der Waals surface area contributed by atoms with Gasteiger partial charge >= 0.3 is 0 Å². The molecule has 0 saturated carbocycles. The fourth-order valence-corrected chi connectivity index (χ4v) is 0.583. The summed E-state index contributed by atoms with van der Waals surface area (Å²) in [5, 5.41) is 0. The largest absolute Gasteiger partial charge is 0.377 e. The Labute approximate surface area is 57.4 Å². The van der Waals surface area contributed by atoms with Crippen molar-refractivity contribution in [2.75, 3.05) is 13.1 Å². The van der Waals surface area contributed by atoms with Crippen LogP contribution in [0.3, 0.4) is 0 Å². The van der Waals surface area contributed by atoms with Crippen LogP contribution in [0.15, 0.2) is 12.3 Å². The zero-order valence-corrected chi connectivity index (χ0v) is 6.09. The van der Waals surface area contributed by atoms with Crippen molar-refractivity contribution in [1.29, 1.82) is 0 Å². The summed E-state index contributed by atoms with van der Waals surface area (Å²) in [6.07, 6.45) is 8.67. The molecule has 0 aromatic heterocycles. The first-order chi connectivity index (χ1) is 4.35. The Morgan fingerprint density at radius 1 is 1.44 bits per heavy atom. The molecule has 50 valence electrons. The van der Waals surface area contributed by atoms with Crippen molar-refractivity contribution in [2.45, 2.75) is 13.8 Å². The third-order valence-corrected chi connectivity index (χ3v) is 1.19. The van der Waals surface area contributed by atoms with Crippen LogP contribution in [-0.4, -0.2) is 18.0 Å². The summed E-state index contributed by atoms with van der Waals surface area (Å²) in [6, 6.07) is 0. The molecular formula is C8H13N. The molecule has 0 radical (unpaired) electrons. The fourth-order valence-electron chi connectivity index (χ4n) is 0.583. The van der Waals surface area contributed by atoms with E-state index in [1.165, 1.54) is 0 Å². The van der Waals surface area contributed by atoms with Gasteiger partial charge < -0.3 is 4.90 Å². The molecule has 0 unspecified atom stereocenters. The van der Waals surface area contributed by atoms with E-state index in [1.54, 1.807) is 6.08 Å². The molecule has 0 rings (SSSR count). The Balaban J connectivity index is 3.57. The van der Waals surface area contributed by atoms with Crippen LogP contribution in [0.5, 0.6) is 0 Å². The molecule has 0 aromatic carbocycles. The number of rotatable bonds is 3. The minimum atomic E-state index is 1.02. The topological polar surface area (TPSA) is 3.24 Å². The van der Waals surface area contributed by atoms with Crippen LogP contribution in [0.4, 0.5) is 0 Å². The van der Waals surface area contributed by atoms with E-state index in [2.05, 4.69) is 24.7 Å². The fraction of sp³-hybridized carbons (Fsp3) is 0.500. The van der Waals surface area contributed by atoms with E-state index in [4.69, 9.17) is 6.42 Å². The van der Waals surface area contributed by atoms with E-state index >= 15 is 0 Å². The maximum atomic E-state index is 5.02. The van der Waals surface area contributed by atoms with Crippen LogP contribution in [-0.2, 0) is 0 Å². The van der Waals surface area contributed by atoms with Gasteiger partial charge in [0, 0.05) is 25.4 Å². The lowest BCUT2D eigenvalue weighted by Crippen LogP contribution is -2.14. The Morgan fingerprint density at radius 2 is 2.00 bits per heavy atom. The van der Waals surface area contributed by atoms with Crippen LogP contribution in [0.1, 0.15) is 13.8 Å². The van der Waals surface area contributed by atoms with E-state index < -0.39 is 0 Å². The molecule has 0 aromatic rings. The van der Waals surface area contributed by atoms with Crippen molar-refractivity contribution in [3.05, 3.63) is 12.3 Å². The van der Waals surface area contributed by atoms with Crippen molar-refractivity contribution in [3.8, 4) is 12.3 Å². The highest BCUT2D eigenvalue weighted by molar-refractivity contribution is 5.08. The summed E-state index contributed by atoms with van der Waals surface area (Å²) < 4.78 is 0. The Kier molecular flexibility index (Phi) is 4.72. The molecule has 0 heterocycles. The van der Waals surface area contributed by atoms with Gasteiger partial charge in [-0.05, 0) is 13.8 Å². The second-order valence-corrected chi connectivity index (χ2v) is 1.70. The molecule has 0 aliphatic carbocycles. The molecule has 0 fully saturated rings. The lowest BCUT2D eigenvalue weighted by atomic mass is 10.5. The quantitative estimate of drug-likeness (QED) is 0.514. The average Bonchev–Trinajstić information content (AvgIpc) is 1.91. The van der Waals surface area contributed by atoms with E-state index in [0.29, 0.717) is 0 Å². The molecule has 0 bridgehead atoms. The van der Waals surface area contributed by atoms with Crippen LogP contribution in [0.2, 0.25) is 0 Å². The zero-order valence-electron chi connectivity index (χ0n) is 6.09. The first-order valence-electron chi connectivity index (χ1n) is 3.22. The lowest BCUT2D eigenvalue weighted by Gasteiger charge is -2.13. The van der Waals surface area contributed by atoms with Crippen molar-refractivity contribution < 1.29 is 0 Å². The Morgan fingerprint density at radius 3 is 2.33 bits per heavy atom. The second kappa shape index (κ2) is 5.24. The van der Waals surface area contributed by atoms with E-state index in [9.17, 15) is 0 Å². The summed E-state index contributed by atoms with van der Waals surface area (Å²) in [5.41, 5.74) is 0. The summed E-state index contributed by atoms with van der Waals surface area (Å²) >= 11 is 0. The molecule has 0 saturated heterocycles. The van der Waals surface area contributed by atoms with Gasteiger partial charge in [-0.3, -0.25) is 0 Å². The maximum absolute atomic E-state index is 5.02. The van der Waals surface area contributed by atoms with E-state index in [-0.39, 0.29) is 0 Å². The first kappa shape index (κ1) is 8.10. The minimum absolute atomic E-state index is 1.02. The minimum Gasteiger partial charge on any atom is -0.377 e. The molecule has 0 aliphatic rings. The third-order valence-electron chi connectivity index (χ3n) is 1.19. The monoisotopic (exact) mass is 123 g/mol. The zero-order chi connectivity index (χ0) is 7.11. The highest BCUT2D eigenvalue weighted by Crippen LogP contribution is 1.85. The number of hydrogen-bond acceptors (Lipinski definition) is 1. The molecular weight excluding hydrogens is 110 g/mol. The van der Waals surface area contributed by atoms with E-state index in [0.717, 1.165) is 13.1 Å². The smallest absolute Gasteiger partial charge is 0.0144 e. The SMILES string of the molecule is C#C/C=C\N(CC)CC. The molecule has 0 N–H and O–H groups in total. The number of terminal acetylenes is 1. The van der Waals surface area contributed by atoms with Gasteiger partial charge in [-0.25, -0.2) is 0 Å². The van der Waals surface area contributed by atoms with Crippen LogP contribution < -0.4 is 0 Å². The van der Waals surface area contributed by atoms with Crippen molar-refractivity contribution in [1.82, 2.24) is 4.90 Å². The third kappa shape index (κ3) is 3.66. The van der Waals surface area contributed by atoms with E-state index in [1.807, 2.05) is 6.20 Å². The van der Waals surface area contributed by atoms with Gasteiger partial charge in [-0.15, -0.1) is 6.42 Å². The number of hydrogen-bond donors (Lipinski definition) is 0. The summed E-state index contributed by atoms with van der Waals surface area (Å²) in [7, 11) is 0. The summed E-state index contributed by atoms with van der Waals surface area (Å²) in [4.78, 5) is 2.14. The Hall–Kier alpha value is -0.900. The van der Waals surface area contributed by atoms with Crippen molar-refractivity contribution in [2.24, 2.45) is 0 Å². The second-order valence-electron chi connectivity index (χ2n) is 1.70. The number of nitrogens with zero attached hydrogens (tertiary/aromatic N) is 1. The maximum Gasteiger partial charge on any atom is 0.0144 e. The van der Waals surface area contributed by atoms with Gasteiger partial charge in [-0.2, -0.15) is 0 Å². The standard InChI is InChI=1S/C8H13N/c1-4-7-8-9(5-2)6-3/h1,7-8H,5-6H2,2-3H3/b8-7-. The summed E-state index contributed by atoms with van der Waals surface area (Å²) in [5.74, 6) is 2.44. The van der Waals surface area contributed by atoms with Crippen molar-refractivity contribution in [3.63, 3.8) is 0 Å². The van der Waals surface area contributed by atoms with Gasteiger partial charge in [0.15, 0.2) is 0 Å². The highest BCUT2D eigenvalue weighted by atomic mass is 15.1. The summed E-state index contributed by atoms with van der Waals surface area (Å²) in [6.45, 7) is 6.25. The van der Waals surface area contributed by atoms with Gasteiger partial charge in [0.2, 0.25) is 0 Å². The molecule has 9 heavy (non-hydrogen) atoms. The van der Waals surface area contributed by atoms with Gasteiger partial charge in [0.25, 0.3) is 0 Å². The predicted octanol–water partition coefficient (Wildman–Crippen LogP) is 1.48.